The standard InChI is InChI=1S/C21H26N4/c1-2-6-16(7-3-1)21(10-11-21)20-23-18-9-13-22-12-8-17(18)19(24-20)25-14-4-5-15-25/h1-3,6-7,22H,4-5,8-15H2. The van der Waals surface area contributed by atoms with Crippen LogP contribution in [-0.2, 0) is 18.3 Å². The Morgan fingerprint density at radius 3 is 2.44 bits per heavy atom. The Morgan fingerprint density at radius 2 is 1.68 bits per heavy atom. The van der Waals surface area contributed by atoms with Gasteiger partial charge in [0.25, 0.3) is 0 Å². The Kier molecular flexibility index (Phi) is 3.74. The van der Waals surface area contributed by atoms with Crippen LogP contribution >= 0.6 is 0 Å². The first-order chi connectivity index (χ1) is 12.4. The third kappa shape index (κ3) is 2.63. The number of fused-ring (bicyclic) bond motifs is 1. The van der Waals surface area contributed by atoms with Crippen LogP contribution in [0.15, 0.2) is 30.3 Å². The first-order valence-corrected chi connectivity index (χ1v) is 9.78. The third-order valence-corrected chi connectivity index (χ3v) is 6.07. The number of aromatic nitrogens is 2. The average molecular weight is 334 g/mol. The maximum Gasteiger partial charge on any atom is 0.141 e. The molecular weight excluding hydrogens is 308 g/mol. The van der Waals surface area contributed by atoms with Crippen molar-refractivity contribution in [1.82, 2.24) is 15.3 Å². The van der Waals surface area contributed by atoms with Gasteiger partial charge in [-0.15, -0.1) is 0 Å². The molecule has 0 unspecified atom stereocenters. The number of rotatable bonds is 3. The molecule has 2 aromatic rings. The van der Waals surface area contributed by atoms with Crippen LogP contribution in [0.4, 0.5) is 5.82 Å². The van der Waals surface area contributed by atoms with E-state index in [2.05, 4.69) is 40.5 Å². The monoisotopic (exact) mass is 334 g/mol. The highest BCUT2D eigenvalue weighted by molar-refractivity contribution is 5.53. The van der Waals surface area contributed by atoms with Crippen molar-refractivity contribution in [3.05, 3.63) is 53.0 Å². The van der Waals surface area contributed by atoms with Gasteiger partial charge in [0, 0.05) is 31.6 Å². The largest absolute Gasteiger partial charge is 0.356 e. The number of nitrogens with zero attached hydrogens (tertiary/aromatic N) is 3. The van der Waals surface area contributed by atoms with Crippen molar-refractivity contribution in [2.75, 3.05) is 31.1 Å². The summed E-state index contributed by atoms with van der Waals surface area (Å²) in [5, 5.41) is 3.53. The Hall–Kier alpha value is -1.94. The van der Waals surface area contributed by atoms with Crippen LogP contribution in [0.5, 0.6) is 0 Å². The molecule has 4 heteroatoms. The molecule has 2 aliphatic heterocycles. The van der Waals surface area contributed by atoms with Gasteiger partial charge in [-0.05, 0) is 44.2 Å². The zero-order valence-corrected chi connectivity index (χ0v) is 14.8. The van der Waals surface area contributed by atoms with Crippen molar-refractivity contribution in [3.63, 3.8) is 0 Å². The SMILES string of the molecule is c1ccc(C2(c3nc4c(c(N5CCCC5)n3)CCNCC4)CC2)cc1. The van der Waals surface area contributed by atoms with E-state index in [1.54, 1.807) is 0 Å². The first kappa shape index (κ1) is 15.3. The summed E-state index contributed by atoms with van der Waals surface area (Å²) in [7, 11) is 0. The molecule has 130 valence electrons. The van der Waals surface area contributed by atoms with Gasteiger partial charge < -0.3 is 10.2 Å². The van der Waals surface area contributed by atoms with Gasteiger partial charge >= 0.3 is 0 Å². The van der Waals surface area contributed by atoms with Gasteiger partial charge in [-0.3, -0.25) is 0 Å². The molecule has 1 saturated heterocycles. The fourth-order valence-electron chi connectivity index (χ4n) is 4.45. The van der Waals surface area contributed by atoms with Crippen LogP contribution in [0, 0.1) is 0 Å². The van der Waals surface area contributed by atoms with Crippen molar-refractivity contribution in [3.8, 4) is 0 Å². The van der Waals surface area contributed by atoms with E-state index in [0.29, 0.717) is 0 Å². The summed E-state index contributed by atoms with van der Waals surface area (Å²) in [5.41, 5.74) is 4.14. The second-order valence-electron chi connectivity index (χ2n) is 7.69. The van der Waals surface area contributed by atoms with Crippen LogP contribution < -0.4 is 10.2 Å². The molecule has 1 aromatic carbocycles. The normalized spacial score (nSPS) is 21.7. The van der Waals surface area contributed by atoms with Crippen LogP contribution in [0.1, 0.15) is 48.3 Å². The maximum absolute atomic E-state index is 5.21. The van der Waals surface area contributed by atoms with Crippen LogP contribution in [0.2, 0.25) is 0 Å². The van der Waals surface area contributed by atoms with Crippen molar-refractivity contribution in [2.24, 2.45) is 0 Å². The van der Waals surface area contributed by atoms with Gasteiger partial charge in [-0.25, -0.2) is 9.97 Å². The van der Waals surface area contributed by atoms with E-state index >= 15 is 0 Å². The van der Waals surface area contributed by atoms with E-state index in [4.69, 9.17) is 9.97 Å². The smallest absolute Gasteiger partial charge is 0.141 e. The molecule has 3 heterocycles. The molecule has 4 nitrogen and oxygen atoms in total. The van der Waals surface area contributed by atoms with E-state index in [0.717, 1.165) is 44.8 Å². The lowest BCUT2D eigenvalue weighted by molar-refractivity contribution is 0.703. The fourth-order valence-corrected chi connectivity index (χ4v) is 4.45. The number of anilines is 1. The van der Waals surface area contributed by atoms with Gasteiger partial charge in [-0.1, -0.05) is 30.3 Å². The van der Waals surface area contributed by atoms with E-state index in [1.807, 2.05) is 0 Å². The summed E-state index contributed by atoms with van der Waals surface area (Å²) in [4.78, 5) is 12.9. The number of hydrogen-bond donors (Lipinski definition) is 1. The zero-order chi connectivity index (χ0) is 16.7. The second kappa shape index (κ2) is 6.10. The van der Waals surface area contributed by atoms with Gasteiger partial charge in [0.1, 0.15) is 11.6 Å². The highest BCUT2D eigenvalue weighted by Crippen LogP contribution is 2.52. The van der Waals surface area contributed by atoms with Crippen molar-refractivity contribution >= 4 is 5.82 Å². The first-order valence-electron chi connectivity index (χ1n) is 9.78. The lowest BCUT2D eigenvalue weighted by Gasteiger charge is -2.24. The topological polar surface area (TPSA) is 41.1 Å². The quantitative estimate of drug-likeness (QED) is 0.937. The molecule has 1 aromatic heterocycles. The average Bonchev–Trinajstić information content (AvgIpc) is 3.36. The minimum Gasteiger partial charge on any atom is -0.356 e. The molecule has 1 aliphatic carbocycles. The van der Waals surface area contributed by atoms with Gasteiger partial charge in [0.2, 0.25) is 0 Å². The van der Waals surface area contributed by atoms with Gasteiger partial charge in [0.05, 0.1) is 11.1 Å². The summed E-state index contributed by atoms with van der Waals surface area (Å²) in [6.45, 7) is 4.37. The van der Waals surface area contributed by atoms with Crippen LogP contribution in [0.25, 0.3) is 0 Å². The van der Waals surface area contributed by atoms with Crippen LogP contribution in [0.3, 0.4) is 0 Å². The highest BCUT2D eigenvalue weighted by atomic mass is 15.2. The predicted octanol–water partition coefficient (Wildman–Crippen LogP) is 2.84. The third-order valence-electron chi connectivity index (χ3n) is 6.07. The van der Waals surface area contributed by atoms with E-state index in [9.17, 15) is 0 Å². The summed E-state index contributed by atoms with van der Waals surface area (Å²) < 4.78 is 0. The molecule has 3 aliphatic rings. The Bertz CT molecular complexity index is 761. The molecule has 25 heavy (non-hydrogen) atoms. The van der Waals surface area contributed by atoms with Crippen LogP contribution in [-0.4, -0.2) is 36.1 Å². The second-order valence-corrected chi connectivity index (χ2v) is 7.69. The molecule has 0 atom stereocenters. The summed E-state index contributed by atoms with van der Waals surface area (Å²) >= 11 is 0. The lowest BCUT2D eigenvalue weighted by atomic mass is 9.94. The lowest BCUT2D eigenvalue weighted by Crippen LogP contribution is -2.25. The number of benzene rings is 1. The molecular formula is C21H26N4. The van der Waals surface area contributed by atoms with Crippen molar-refractivity contribution in [1.29, 1.82) is 0 Å². The number of hydrogen-bond acceptors (Lipinski definition) is 4. The van der Waals surface area contributed by atoms with Gasteiger partial charge in [0.15, 0.2) is 0 Å². The predicted molar refractivity (Wildman–Crippen MR) is 100 cm³/mol. The van der Waals surface area contributed by atoms with Crippen molar-refractivity contribution in [2.45, 2.75) is 43.9 Å². The zero-order valence-electron chi connectivity index (χ0n) is 14.8. The number of nitrogens with one attached hydrogen (secondary N) is 1. The molecule has 1 N–H and O–H groups in total. The maximum atomic E-state index is 5.21. The highest BCUT2D eigenvalue weighted by Gasteiger charge is 2.49. The Morgan fingerprint density at radius 1 is 0.920 bits per heavy atom. The Balaban J connectivity index is 1.63. The molecule has 1 saturated carbocycles. The molecule has 2 fully saturated rings. The fraction of sp³-hybridized carbons (Fsp3) is 0.524. The Labute approximate surface area is 149 Å². The molecule has 5 rings (SSSR count). The van der Waals surface area contributed by atoms with E-state index in [-0.39, 0.29) is 5.41 Å². The molecule has 0 spiro atoms. The molecule has 0 amide bonds. The minimum atomic E-state index is 0.0600. The summed E-state index contributed by atoms with van der Waals surface area (Å²) in [6, 6.07) is 10.9. The van der Waals surface area contributed by atoms with E-state index in [1.165, 1.54) is 48.3 Å². The summed E-state index contributed by atoms with van der Waals surface area (Å²) in [5.74, 6) is 2.31. The van der Waals surface area contributed by atoms with Gasteiger partial charge in [-0.2, -0.15) is 0 Å². The minimum absolute atomic E-state index is 0.0600. The van der Waals surface area contributed by atoms with E-state index < -0.39 is 0 Å². The molecule has 0 radical (unpaired) electrons. The summed E-state index contributed by atoms with van der Waals surface area (Å²) in [6.07, 6.45) is 7.00. The molecule has 0 bridgehead atoms. The van der Waals surface area contributed by atoms with Crippen molar-refractivity contribution < 1.29 is 0 Å².